The van der Waals surface area contributed by atoms with E-state index in [-0.39, 0.29) is 5.75 Å². The second-order valence-corrected chi connectivity index (χ2v) is 4.72. The highest BCUT2D eigenvalue weighted by Crippen LogP contribution is 2.23. The van der Waals surface area contributed by atoms with Crippen LogP contribution in [0.15, 0.2) is 24.3 Å². The van der Waals surface area contributed by atoms with Crippen LogP contribution in [0.5, 0.6) is 5.75 Å². The van der Waals surface area contributed by atoms with Crippen LogP contribution in [0, 0.1) is 5.92 Å². The summed E-state index contributed by atoms with van der Waals surface area (Å²) in [7, 11) is 0. The average molecular weight is 244 g/mol. The van der Waals surface area contributed by atoms with Crippen molar-refractivity contribution in [1.82, 2.24) is 14.8 Å². The van der Waals surface area contributed by atoms with Gasteiger partial charge in [0.15, 0.2) is 5.82 Å². The molecule has 1 aliphatic heterocycles. The minimum absolute atomic E-state index is 0.255. The highest BCUT2D eigenvalue weighted by Gasteiger charge is 2.21. The van der Waals surface area contributed by atoms with E-state index in [1.807, 2.05) is 16.8 Å². The smallest absolute Gasteiger partial charge is 0.181 e. The van der Waals surface area contributed by atoms with E-state index in [2.05, 4.69) is 10.1 Å². The van der Waals surface area contributed by atoms with Crippen LogP contribution in [0.1, 0.15) is 12.2 Å². The minimum atomic E-state index is 0.255. The highest BCUT2D eigenvalue weighted by molar-refractivity contribution is 5.55. The predicted molar refractivity (Wildman–Crippen MR) is 68.0 cm³/mol. The minimum Gasteiger partial charge on any atom is -0.508 e. The maximum atomic E-state index is 9.27. The number of aryl methyl sites for hydroxylation is 1. The van der Waals surface area contributed by atoms with E-state index in [0.717, 1.165) is 36.6 Å². The zero-order valence-corrected chi connectivity index (χ0v) is 10.1. The lowest BCUT2D eigenvalue weighted by Crippen LogP contribution is -2.25. The van der Waals surface area contributed by atoms with Crippen molar-refractivity contribution in [2.75, 3.05) is 6.54 Å². The summed E-state index contributed by atoms with van der Waals surface area (Å²) in [6.45, 7) is 1.60. The molecule has 94 valence electrons. The van der Waals surface area contributed by atoms with E-state index in [1.165, 1.54) is 0 Å². The molecule has 1 aliphatic rings. The summed E-state index contributed by atoms with van der Waals surface area (Å²) in [5, 5.41) is 13.8. The normalized spacial score (nSPS) is 18.6. The third-order valence-corrected chi connectivity index (χ3v) is 3.43. The van der Waals surface area contributed by atoms with E-state index in [0.29, 0.717) is 12.5 Å². The number of phenolic OH excluding ortho intramolecular Hbond substituents is 1. The van der Waals surface area contributed by atoms with Gasteiger partial charge < -0.3 is 10.8 Å². The van der Waals surface area contributed by atoms with Crippen LogP contribution < -0.4 is 5.73 Å². The molecular formula is C13H16N4O. The van der Waals surface area contributed by atoms with Crippen LogP contribution in [0.25, 0.3) is 11.4 Å². The van der Waals surface area contributed by atoms with Gasteiger partial charge in [-0.15, -0.1) is 0 Å². The molecule has 0 radical (unpaired) electrons. The Morgan fingerprint density at radius 1 is 1.33 bits per heavy atom. The molecule has 5 nitrogen and oxygen atoms in total. The Morgan fingerprint density at radius 2 is 2.11 bits per heavy atom. The highest BCUT2D eigenvalue weighted by atomic mass is 16.3. The van der Waals surface area contributed by atoms with Crippen LogP contribution in [0.3, 0.4) is 0 Å². The fourth-order valence-electron chi connectivity index (χ4n) is 2.30. The topological polar surface area (TPSA) is 77.0 Å². The number of aromatic hydroxyl groups is 1. The summed E-state index contributed by atoms with van der Waals surface area (Å²) in [6.07, 6.45) is 1.98. The number of aromatic nitrogens is 3. The first kappa shape index (κ1) is 11.2. The number of phenols is 1. The summed E-state index contributed by atoms with van der Waals surface area (Å²) in [4.78, 5) is 4.56. The van der Waals surface area contributed by atoms with E-state index in [4.69, 9.17) is 5.73 Å². The van der Waals surface area contributed by atoms with Crippen molar-refractivity contribution < 1.29 is 5.11 Å². The van der Waals surface area contributed by atoms with Crippen LogP contribution in [0.2, 0.25) is 0 Å². The number of nitrogens with two attached hydrogens (primary N) is 1. The van der Waals surface area contributed by atoms with Crippen molar-refractivity contribution in [3.8, 4) is 17.1 Å². The molecule has 3 rings (SSSR count). The summed E-state index contributed by atoms with van der Waals surface area (Å²) < 4.78 is 1.97. The predicted octanol–water partition coefficient (Wildman–Crippen LogP) is 1.17. The number of hydrogen-bond acceptors (Lipinski definition) is 4. The number of rotatable bonds is 2. The summed E-state index contributed by atoms with van der Waals surface area (Å²) in [6, 6.07) is 6.96. The lowest BCUT2D eigenvalue weighted by Gasteiger charge is -2.19. The SMILES string of the molecule is NCC1CCn2nc(-c3ccc(O)cc3)nc2C1. The largest absolute Gasteiger partial charge is 0.508 e. The zero-order valence-electron chi connectivity index (χ0n) is 10.1. The Bertz CT molecular complexity index is 547. The molecule has 0 amide bonds. The molecule has 1 aromatic carbocycles. The molecule has 0 fully saturated rings. The quantitative estimate of drug-likeness (QED) is 0.831. The molecule has 2 aromatic rings. The van der Waals surface area contributed by atoms with Crippen molar-refractivity contribution in [3.63, 3.8) is 0 Å². The lowest BCUT2D eigenvalue weighted by molar-refractivity contribution is 0.369. The van der Waals surface area contributed by atoms with E-state index < -0.39 is 0 Å². The van der Waals surface area contributed by atoms with Crippen molar-refractivity contribution >= 4 is 0 Å². The molecule has 1 unspecified atom stereocenters. The molecule has 1 aromatic heterocycles. The molecule has 0 aliphatic carbocycles. The Kier molecular flexibility index (Phi) is 2.76. The van der Waals surface area contributed by atoms with Gasteiger partial charge in [0, 0.05) is 18.5 Å². The Balaban J connectivity index is 1.91. The number of nitrogens with zero attached hydrogens (tertiary/aromatic N) is 3. The second kappa shape index (κ2) is 4.42. The fraction of sp³-hybridized carbons (Fsp3) is 0.385. The first-order valence-corrected chi connectivity index (χ1v) is 6.19. The van der Waals surface area contributed by atoms with Gasteiger partial charge in [0.1, 0.15) is 11.6 Å². The van der Waals surface area contributed by atoms with Gasteiger partial charge in [0.05, 0.1) is 0 Å². The molecular weight excluding hydrogens is 228 g/mol. The molecule has 1 atom stereocenters. The molecule has 2 heterocycles. The zero-order chi connectivity index (χ0) is 12.5. The van der Waals surface area contributed by atoms with Gasteiger partial charge in [-0.05, 0) is 43.1 Å². The third kappa shape index (κ3) is 1.97. The molecule has 3 N–H and O–H groups in total. The summed E-state index contributed by atoms with van der Waals surface area (Å²) in [5.74, 6) is 2.52. The van der Waals surface area contributed by atoms with Crippen LogP contribution >= 0.6 is 0 Å². The van der Waals surface area contributed by atoms with E-state index >= 15 is 0 Å². The number of benzene rings is 1. The summed E-state index contributed by atoms with van der Waals surface area (Å²) >= 11 is 0. The Labute approximate surface area is 105 Å². The Hall–Kier alpha value is -1.88. The monoisotopic (exact) mass is 244 g/mol. The van der Waals surface area contributed by atoms with Crippen LogP contribution in [-0.2, 0) is 13.0 Å². The second-order valence-electron chi connectivity index (χ2n) is 4.72. The molecule has 5 heteroatoms. The average Bonchev–Trinajstić information content (AvgIpc) is 2.82. The number of hydrogen-bond donors (Lipinski definition) is 2. The van der Waals surface area contributed by atoms with Gasteiger partial charge in [0.25, 0.3) is 0 Å². The van der Waals surface area contributed by atoms with Crippen molar-refractivity contribution in [3.05, 3.63) is 30.1 Å². The Morgan fingerprint density at radius 3 is 2.83 bits per heavy atom. The van der Waals surface area contributed by atoms with Gasteiger partial charge >= 0.3 is 0 Å². The van der Waals surface area contributed by atoms with Gasteiger partial charge in [-0.1, -0.05) is 0 Å². The van der Waals surface area contributed by atoms with E-state index in [1.54, 1.807) is 12.1 Å². The van der Waals surface area contributed by atoms with Crippen LogP contribution in [0.4, 0.5) is 0 Å². The van der Waals surface area contributed by atoms with Gasteiger partial charge in [-0.3, -0.25) is 0 Å². The lowest BCUT2D eigenvalue weighted by atomic mass is 9.98. The van der Waals surface area contributed by atoms with Gasteiger partial charge in [-0.25, -0.2) is 9.67 Å². The van der Waals surface area contributed by atoms with Crippen molar-refractivity contribution in [1.29, 1.82) is 0 Å². The molecule has 0 saturated heterocycles. The summed E-state index contributed by atoms with van der Waals surface area (Å²) in [5.41, 5.74) is 6.64. The molecule has 0 spiro atoms. The first-order valence-electron chi connectivity index (χ1n) is 6.19. The van der Waals surface area contributed by atoms with Crippen molar-refractivity contribution in [2.45, 2.75) is 19.4 Å². The standard InChI is InChI=1S/C13H16N4O/c14-8-9-5-6-17-12(7-9)15-13(16-17)10-1-3-11(18)4-2-10/h1-4,9,18H,5-8,14H2. The molecule has 18 heavy (non-hydrogen) atoms. The maximum Gasteiger partial charge on any atom is 0.181 e. The van der Waals surface area contributed by atoms with E-state index in [9.17, 15) is 5.11 Å². The van der Waals surface area contributed by atoms with Crippen molar-refractivity contribution in [2.24, 2.45) is 11.7 Å². The molecule has 0 saturated carbocycles. The van der Waals surface area contributed by atoms with Gasteiger partial charge in [0.2, 0.25) is 0 Å². The molecule has 0 bridgehead atoms. The maximum absolute atomic E-state index is 9.27. The van der Waals surface area contributed by atoms with Crippen LogP contribution in [-0.4, -0.2) is 26.4 Å². The first-order chi connectivity index (χ1) is 8.76. The number of fused-ring (bicyclic) bond motifs is 1. The fourth-order valence-corrected chi connectivity index (χ4v) is 2.30. The van der Waals surface area contributed by atoms with Gasteiger partial charge in [-0.2, -0.15) is 5.10 Å². The third-order valence-electron chi connectivity index (χ3n) is 3.43.